The number of ether oxygens (including phenoxy) is 1. The number of halogens is 2. The molecule has 0 radical (unpaired) electrons. The van der Waals surface area contributed by atoms with Crippen molar-refractivity contribution in [1.82, 2.24) is 20.3 Å². The quantitative estimate of drug-likeness (QED) is 0.264. The number of aromatic nitrogens is 3. The summed E-state index contributed by atoms with van der Waals surface area (Å²) in [5, 5.41) is 11.8. The van der Waals surface area contributed by atoms with Gasteiger partial charge in [0.15, 0.2) is 0 Å². The number of fused-ring (bicyclic) bond motifs is 1. The molecule has 1 aliphatic heterocycles. The highest BCUT2D eigenvalue weighted by Gasteiger charge is 2.56. The molecule has 2 aliphatic rings. The van der Waals surface area contributed by atoms with E-state index >= 15 is 0 Å². The lowest BCUT2D eigenvalue weighted by molar-refractivity contribution is 0.101. The van der Waals surface area contributed by atoms with E-state index in [0.717, 1.165) is 53.5 Å². The van der Waals surface area contributed by atoms with Gasteiger partial charge in [-0.3, -0.25) is 0 Å². The van der Waals surface area contributed by atoms with Gasteiger partial charge >= 0.3 is 0 Å². The predicted molar refractivity (Wildman–Crippen MR) is 145 cm³/mol. The zero-order valence-corrected chi connectivity index (χ0v) is 21.2. The van der Waals surface area contributed by atoms with Gasteiger partial charge in [-0.25, -0.2) is 23.7 Å². The summed E-state index contributed by atoms with van der Waals surface area (Å²) in [6, 6.07) is 15.7. The van der Waals surface area contributed by atoms with Gasteiger partial charge in [0.1, 0.15) is 5.75 Å². The average molecular weight is 517 g/mol. The number of benzene rings is 2. The van der Waals surface area contributed by atoms with Crippen molar-refractivity contribution in [2.45, 2.75) is 38.2 Å². The van der Waals surface area contributed by atoms with Crippen LogP contribution in [0.5, 0.6) is 11.6 Å². The Morgan fingerprint density at radius 3 is 2.76 bits per heavy atom. The van der Waals surface area contributed by atoms with E-state index < -0.39 is 11.8 Å². The number of nitrogens with one attached hydrogen (secondary N) is 3. The first-order chi connectivity index (χ1) is 18.5. The molecule has 2 aromatic heterocycles. The molecular formula is C29H30F2N6O. The standard InChI is InChI=1S/C29H30F2N6O/c1-18-9-10-21-22(6-2-8-24(21)35-16-19-15-29(19,30)31)26(18)38-27-23(7-4-13-33-27)25-11-14-34-28(37-25)36-20-5-3-12-32-17-20/h2,4,6-11,13-14,19-20,32,35H,3,5,12,15-17H2,1H3,(H,34,36,37)/t19-,20?/m0/s1. The van der Waals surface area contributed by atoms with Gasteiger partial charge in [-0.2, -0.15) is 0 Å². The first-order valence-electron chi connectivity index (χ1n) is 13.1. The van der Waals surface area contributed by atoms with E-state index in [2.05, 4.69) is 25.9 Å². The largest absolute Gasteiger partial charge is 0.437 e. The van der Waals surface area contributed by atoms with Crippen LogP contribution < -0.4 is 20.7 Å². The van der Waals surface area contributed by atoms with Crippen LogP contribution in [0, 0.1) is 12.8 Å². The van der Waals surface area contributed by atoms with E-state index in [0.29, 0.717) is 23.3 Å². The first-order valence-corrected chi connectivity index (χ1v) is 13.1. The number of aryl methyl sites for hydroxylation is 1. The summed E-state index contributed by atoms with van der Waals surface area (Å²) in [6.07, 6.45) is 5.56. The van der Waals surface area contributed by atoms with E-state index in [4.69, 9.17) is 9.72 Å². The number of rotatable bonds is 8. The molecule has 196 valence electrons. The third kappa shape index (κ3) is 5.11. The summed E-state index contributed by atoms with van der Waals surface area (Å²) >= 11 is 0. The third-order valence-electron chi connectivity index (χ3n) is 7.24. The molecule has 0 amide bonds. The van der Waals surface area contributed by atoms with E-state index in [-0.39, 0.29) is 19.0 Å². The highest BCUT2D eigenvalue weighted by Crippen LogP contribution is 2.48. The minimum atomic E-state index is -2.55. The zero-order valence-electron chi connectivity index (χ0n) is 21.2. The minimum absolute atomic E-state index is 0.0570. The van der Waals surface area contributed by atoms with E-state index in [1.54, 1.807) is 12.4 Å². The molecule has 0 spiro atoms. The van der Waals surface area contributed by atoms with Crippen LogP contribution >= 0.6 is 0 Å². The van der Waals surface area contributed by atoms with Crippen molar-refractivity contribution in [2.75, 3.05) is 30.3 Å². The summed E-state index contributed by atoms with van der Waals surface area (Å²) in [5.41, 5.74) is 3.20. The number of hydrogen-bond donors (Lipinski definition) is 3. The van der Waals surface area contributed by atoms with Crippen molar-refractivity contribution in [3.8, 4) is 22.9 Å². The van der Waals surface area contributed by atoms with Crippen molar-refractivity contribution in [3.05, 3.63) is 66.5 Å². The van der Waals surface area contributed by atoms with Crippen molar-refractivity contribution >= 4 is 22.4 Å². The van der Waals surface area contributed by atoms with Crippen LogP contribution in [0.1, 0.15) is 24.8 Å². The molecule has 2 fully saturated rings. The molecule has 0 bridgehead atoms. The maximum atomic E-state index is 13.4. The summed E-state index contributed by atoms with van der Waals surface area (Å²) < 4.78 is 33.3. The van der Waals surface area contributed by atoms with E-state index in [1.807, 2.05) is 55.5 Å². The van der Waals surface area contributed by atoms with Crippen molar-refractivity contribution in [3.63, 3.8) is 0 Å². The Kier molecular flexibility index (Phi) is 6.53. The molecule has 1 unspecified atom stereocenters. The Balaban J connectivity index is 1.29. The van der Waals surface area contributed by atoms with Gasteiger partial charge in [-0.05, 0) is 56.1 Å². The molecule has 1 saturated carbocycles. The maximum Gasteiger partial charge on any atom is 0.253 e. The van der Waals surface area contributed by atoms with Crippen LogP contribution in [0.15, 0.2) is 60.9 Å². The molecule has 3 heterocycles. The van der Waals surface area contributed by atoms with Gasteiger partial charge in [0, 0.05) is 60.3 Å². The van der Waals surface area contributed by atoms with Gasteiger partial charge in [0.05, 0.1) is 11.3 Å². The molecule has 3 N–H and O–H groups in total. The number of pyridine rings is 1. The second-order valence-electron chi connectivity index (χ2n) is 10.1. The Labute approximate surface area is 220 Å². The van der Waals surface area contributed by atoms with Gasteiger partial charge in [0.25, 0.3) is 5.92 Å². The second kappa shape index (κ2) is 10.1. The van der Waals surface area contributed by atoms with Crippen molar-refractivity contribution < 1.29 is 13.5 Å². The highest BCUT2D eigenvalue weighted by atomic mass is 19.3. The predicted octanol–water partition coefficient (Wildman–Crippen LogP) is 6.02. The van der Waals surface area contributed by atoms with E-state index in [1.165, 1.54) is 0 Å². The number of nitrogens with zero attached hydrogens (tertiary/aromatic N) is 3. The second-order valence-corrected chi connectivity index (χ2v) is 10.1. The summed E-state index contributed by atoms with van der Waals surface area (Å²) in [7, 11) is 0. The van der Waals surface area contributed by atoms with Crippen LogP contribution in [-0.2, 0) is 0 Å². The molecule has 1 aliphatic carbocycles. The number of alkyl halides is 2. The van der Waals surface area contributed by atoms with E-state index in [9.17, 15) is 8.78 Å². The Bertz CT molecular complexity index is 1460. The average Bonchev–Trinajstić information content (AvgIpc) is 3.56. The molecule has 6 rings (SSSR count). The molecule has 1 saturated heterocycles. The maximum absolute atomic E-state index is 13.4. The smallest absolute Gasteiger partial charge is 0.253 e. The number of hydrogen-bond acceptors (Lipinski definition) is 7. The highest BCUT2D eigenvalue weighted by molar-refractivity contribution is 5.98. The Morgan fingerprint density at radius 2 is 1.95 bits per heavy atom. The van der Waals surface area contributed by atoms with Crippen LogP contribution in [0.25, 0.3) is 22.0 Å². The Hall–Kier alpha value is -3.85. The third-order valence-corrected chi connectivity index (χ3v) is 7.24. The molecule has 2 aromatic carbocycles. The number of piperidine rings is 1. The normalized spacial score (nSPS) is 20.2. The fourth-order valence-corrected chi connectivity index (χ4v) is 4.95. The SMILES string of the molecule is Cc1ccc2c(NC[C@@H]3CC3(F)F)cccc2c1Oc1ncccc1-c1ccnc(NC2CCCNC2)n1. The minimum Gasteiger partial charge on any atom is -0.437 e. The van der Waals surface area contributed by atoms with Crippen LogP contribution in [0.3, 0.4) is 0 Å². The number of anilines is 2. The topological polar surface area (TPSA) is 84.0 Å². The monoisotopic (exact) mass is 516 g/mol. The lowest BCUT2D eigenvalue weighted by atomic mass is 10.0. The van der Waals surface area contributed by atoms with Crippen LogP contribution in [-0.4, -0.2) is 46.6 Å². The van der Waals surface area contributed by atoms with Crippen molar-refractivity contribution in [2.24, 2.45) is 5.92 Å². The molecule has 9 heteroatoms. The van der Waals surface area contributed by atoms with Gasteiger partial charge in [-0.15, -0.1) is 0 Å². The van der Waals surface area contributed by atoms with Gasteiger partial charge in [0.2, 0.25) is 11.8 Å². The lowest BCUT2D eigenvalue weighted by Gasteiger charge is -2.23. The molecule has 4 aromatic rings. The summed E-state index contributed by atoms with van der Waals surface area (Å²) in [6.45, 7) is 4.14. The van der Waals surface area contributed by atoms with Crippen LogP contribution in [0.2, 0.25) is 0 Å². The molecular weight excluding hydrogens is 486 g/mol. The lowest BCUT2D eigenvalue weighted by Crippen LogP contribution is -2.38. The Morgan fingerprint density at radius 1 is 1.05 bits per heavy atom. The first kappa shape index (κ1) is 24.5. The van der Waals surface area contributed by atoms with Gasteiger partial charge < -0.3 is 20.7 Å². The fourth-order valence-electron chi connectivity index (χ4n) is 4.95. The summed E-state index contributed by atoms with van der Waals surface area (Å²) in [4.78, 5) is 13.7. The molecule has 7 nitrogen and oxygen atoms in total. The zero-order chi connectivity index (χ0) is 26.1. The molecule has 38 heavy (non-hydrogen) atoms. The molecule has 2 atom stereocenters. The van der Waals surface area contributed by atoms with Crippen LogP contribution in [0.4, 0.5) is 20.4 Å². The summed E-state index contributed by atoms with van der Waals surface area (Å²) in [5.74, 6) is -1.49. The van der Waals surface area contributed by atoms with Crippen molar-refractivity contribution in [1.29, 1.82) is 0 Å². The van der Waals surface area contributed by atoms with Gasteiger partial charge in [-0.1, -0.05) is 24.3 Å². The fraction of sp³-hybridized carbons (Fsp3) is 0.345.